The molecule has 0 radical (unpaired) electrons. The summed E-state index contributed by atoms with van der Waals surface area (Å²) in [6.45, 7) is 11.0. The van der Waals surface area contributed by atoms with Crippen LogP contribution in [0.5, 0.6) is 0 Å². The third-order valence-electron chi connectivity index (χ3n) is 5.06. The number of likely N-dealkylation sites (tertiary alicyclic amines) is 2. The van der Waals surface area contributed by atoms with E-state index in [4.69, 9.17) is 0 Å². The number of nitrogens with zero attached hydrogens (tertiary/aromatic N) is 2. The molecule has 0 amide bonds. The van der Waals surface area contributed by atoms with Gasteiger partial charge in [-0.15, -0.1) is 0 Å². The van der Waals surface area contributed by atoms with Gasteiger partial charge in [0, 0.05) is 12.1 Å². The molecule has 2 fully saturated rings. The average molecular weight is 253 g/mol. The molecule has 0 aromatic heterocycles. The SMILES string of the molecule is CCN1CCC(CNC2CCN(C)C(C)C2)CC1. The van der Waals surface area contributed by atoms with Gasteiger partial charge in [0.1, 0.15) is 0 Å². The van der Waals surface area contributed by atoms with Crippen LogP contribution in [0.15, 0.2) is 0 Å². The third kappa shape index (κ3) is 3.94. The molecule has 0 saturated carbocycles. The van der Waals surface area contributed by atoms with E-state index in [1.165, 1.54) is 58.4 Å². The second-order valence-electron chi connectivity index (χ2n) is 6.34. The Hall–Kier alpha value is -0.120. The van der Waals surface area contributed by atoms with Gasteiger partial charge in [0.25, 0.3) is 0 Å². The van der Waals surface area contributed by atoms with Gasteiger partial charge in [-0.05, 0) is 78.3 Å². The summed E-state index contributed by atoms with van der Waals surface area (Å²) in [5.74, 6) is 0.919. The van der Waals surface area contributed by atoms with Crippen molar-refractivity contribution in [1.82, 2.24) is 15.1 Å². The van der Waals surface area contributed by atoms with Crippen LogP contribution in [0.25, 0.3) is 0 Å². The van der Waals surface area contributed by atoms with Crippen LogP contribution in [0.3, 0.4) is 0 Å². The van der Waals surface area contributed by atoms with Crippen molar-refractivity contribution in [3.8, 4) is 0 Å². The fraction of sp³-hybridized carbons (Fsp3) is 1.00. The number of hydrogen-bond acceptors (Lipinski definition) is 3. The predicted octanol–water partition coefficient (Wildman–Crippen LogP) is 1.79. The summed E-state index contributed by atoms with van der Waals surface area (Å²) in [7, 11) is 2.25. The van der Waals surface area contributed by atoms with Gasteiger partial charge in [-0.2, -0.15) is 0 Å². The monoisotopic (exact) mass is 253 g/mol. The maximum atomic E-state index is 3.83. The van der Waals surface area contributed by atoms with Crippen LogP contribution < -0.4 is 5.32 Å². The highest BCUT2D eigenvalue weighted by atomic mass is 15.1. The van der Waals surface area contributed by atoms with Gasteiger partial charge in [-0.25, -0.2) is 0 Å². The van der Waals surface area contributed by atoms with Crippen molar-refractivity contribution in [2.75, 3.05) is 39.8 Å². The number of hydrogen-bond donors (Lipinski definition) is 1. The van der Waals surface area contributed by atoms with Crippen LogP contribution in [0.1, 0.15) is 39.5 Å². The molecule has 106 valence electrons. The predicted molar refractivity (Wildman–Crippen MR) is 78.0 cm³/mol. The van der Waals surface area contributed by atoms with Crippen LogP contribution >= 0.6 is 0 Å². The smallest absolute Gasteiger partial charge is 0.00941 e. The van der Waals surface area contributed by atoms with Crippen LogP contribution in [-0.2, 0) is 0 Å². The molecule has 2 atom stereocenters. The van der Waals surface area contributed by atoms with Crippen molar-refractivity contribution in [3.05, 3.63) is 0 Å². The Kier molecular flexibility index (Phi) is 5.46. The summed E-state index contributed by atoms with van der Waals surface area (Å²) < 4.78 is 0. The van der Waals surface area contributed by atoms with E-state index in [9.17, 15) is 0 Å². The van der Waals surface area contributed by atoms with Crippen molar-refractivity contribution in [3.63, 3.8) is 0 Å². The minimum atomic E-state index is 0.748. The van der Waals surface area contributed by atoms with E-state index in [2.05, 4.69) is 36.0 Å². The zero-order valence-electron chi connectivity index (χ0n) is 12.5. The Bertz CT molecular complexity index is 236. The first-order valence-corrected chi connectivity index (χ1v) is 7.85. The summed E-state index contributed by atoms with van der Waals surface area (Å²) in [6.07, 6.45) is 5.44. The Morgan fingerprint density at radius 1 is 1.11 bits per heavy atom. The molecule has 2 rings (SSSR count). The molecule has 2 unspecified atom stereocenters. The second kappa shape index (κ2) is 6.88. The van der Waals surface area contributed by atoms with Crippen molar-refractivity contribution in [1.29, 1.82) is 0 Å². The lowest BCUT2D eigenvalue weighted by Gasteiger charge is -2.37. The maximum absolute atomic E-state index is 3.83. The molecule has 1 N–H and O–H groups in total. The molecular formula is C15H31N3. The Morgan fingerprint density at radius 3 is 2.44 bits per heavy atom. The van der Waals surface area contributed by atoms with Crippen molar-refractivity contribution >= 4 is 0 Å². The van der Waals surface area contributed by atoms with E-state index in [1.54, 1.807) is 0 Å². The molecule has 2 saturated heterocycles. The largest absolute Gasteiger partial charge is 0.314 e. The molecule has 2 heterocycles. The van der Waals surface area contributed by atoms with E-state index in [0.717, 1.165) is 18.0 Å². The summed E-state index contributed by atoms with van der Waals surface area (Å²) in [5.41, 5.74) is 0. The highest BCUT2D eigenvalue weighted by molar-refractivity contribution is 4.82. The van der Waals surface area contributed by atoms with Crippen molar-refractivity contribution in [2.24, 2.45) is 5.92 Å². The summed E-state index contributed by atoms with van der Waals surface area (Å²) in [5, 5.41) is 3.83. The summed E-state index contributed by atoms with van der Waals surface area (Å²) in [6, 6.07) is 1.51. The molecule has 0 aromatic carbocycles. The van der Waals surface area contributed by atoms with E-state index >= 15 is 0 Å². The second-order valence-corrected chi connectivity index (χ2v) is 6.34. The Labute approximate surface area is 113 Å². The van der Waals surface area contributed by atoms with Crippen LogP contribution in [-0.4, -0.2) is 61.7 Å². The Balaban J connectivity index is 1.63. The van der Waals surface area contributed by atoms with Gasteiger partial charge in [-0.1, -0.05) is 6.92 Å². The summed E-state index contributed by atoms with van der Waals surface area (Å²) >= 11 is 0. The third-order valence-corrected chi connectivity index (χ3v) is 5.06. The quantitative estimate of drug-likeness (QED) is 0.824. The van der Waals surface area contributed by atoms with E-state index in [0.29, 0.717) is 0 Å². The molecular weight excluding hydrogens is 222 g/mol. The van der Waals surface area contributed by atoms with E-state index < -0.39 is 0 Å². The molecule has 2 aliphatic heterocycles. The number of piperidine rings is 2. The zero-order chi connectivity index (χ0) is 13.0. The molecule has 18 heavy (non-hydrogen) atoms. The minimum Gasteiger partial charge on any atom is -0.314 e. The van der Waals surface area contributed by atoms with Crippen LogP contribution in [0, 0.1) is 5.92 Å². The van der Waals surface area contributed by atoms with Gasteiger partial charge in [-0.3, -0.25) is 0 Å². The lowest BCUT2D eigenvalue weighted by atomic mass is 9.94. The van der Waals surface area contributed by atoms with Gasteiger partial charge >= 0.3 is 0 Å². The van der Waals surface area contributed by atoms with Crippen molar-refractivity contribution in [2.45, 2.75) is 51.6 Å². The molecule has 0 bridgehead atoms. The first kappa shape index (κ1) is 14.3. The number of nitrogens with one attached hydrogen (secondary N) is 1. The molecule has 0 spiro atoms. The van der Waals surface area contributed by atoms with Gasteiger partial charge < -0.3 is 15.1 Å². The molecule has 0 aromatic rings. The fourth-order valence-corrected chi connectivity index (χ4v) is 3.31. The van der Waals surface area contributed by atoms with Gasteiger partial charge in [0.05, 0.1) is 0 Å². The summed E-state index contributed by atoms with van der Waals surface area (Å²) in [4.78, 5) is 5.06. The fourth-order valence-electron chi connectivity index (χ4n) is 3.31. The first-order chi connectivity index (χ1) is 8.69. The van der Waals surface area contributed by atoms with E-state index in [-0.39, 0.29) is 0 Å². The Morgan fingerprint density at radius 2 is 1.83 bits per heavy atom. The van der Waals surface area contributed by atoms with Crippen LogP contribution in [0.4, 0.5) is 0 Å². The number of rotatable bonds is 4. The van der Waals surface area contributed by atoms with Gasteiger partial charge in [0.15, 0.2) is 0 Å². The first-order valence-electron chi connectivity index (χ1n) is 7.85. The maximum Gasteiger partial charge on any atom is 0.00941 e. The molecule has 3 heteroatoms. The van der Waals surface area contributed by atoms with Crippen LogP contribution in [0.2, 0.25) is 0 Å². The molecule has 2 aliphatic rings. The average Bonchev–Trinajstić information content (AvgIpc) is 2.41. The lowest BCUT2D eigenvalue weighted by Crippen LogP contribution is -2.47. The normalized spacial score (nSPS) is 32.8. The topological polar surface area (TPSA) is 18.5 Å². The van der Waals surface area contributed by atoms with Crippen molar-refractivity contribution < 1.29 is 0 Å². The molecule has 0 aliphatic carbocycles. The van der Waals surface area contributed by atoms with Gasteiger partial charge in [0.2, 0.25) is 0 Å². The highest BCUT2D eigenvalue weighted by Gasteiger charge is 2.24. The standard InChI is InChI=1S/C15H31N3/c1-4-18-9-5-14(6-10-18)12-16-15-7-8-17(3)13(2)11-15/h13-16H,4-12H2,1-3H3. The van der Waals surface area contributed by atoms with E-state index in [1.807, 2.05) is 0 Å². The molecule has 3 nitrogen and oxygen atoms in total. The lowest BCUT2D eigenvalue weighted by molar-refractivity contribution is 0.153. The minimum absolute atomic E-state index is 0.748. The zero-order valence-corrected chi connectivity index (χ0v) is 12.5. The highest BCUT2D eigenvalue weighted by Crippen LogP contribution is 2.19.